The maximum Gasteiger partial charge on any atom is 1.00 e. The number of carbonyl (C=O) groups excluding carboxylic acids is 6. The smallest absolute Gasteiger partial charge is 0.550 e. The molecule has 0 radical (unpaired) electrons. The van der Waals surface area contributed by atoms with Crippen molar-refractivity contribution in [3.63, 3.8) is 0 Å². The first kappa shape index (κ1) is 46.1. The molecule has 0 spiro atoms. The Bertz CT molecular complexity index is 2320. The number of aromatic amines is 2. The van der Waals surface area contributed by atoms with Crippen LogP contribution in [0.4, 0.5) is 11.4 Å². The number of nitrogens with zero attached hydrogens (tertiary/aromatic N) is 7. The monoisotopic (exact) mass is 851 g/mol. The number of carbonyl (C=O) groups is 6. The first-order chi connectivity index (χ1) is 26.5. The molecule has 294 valence electrons. The number of esters is 1. The maximum absolute atomic E-state index is 11.6. The quantitative estimate of drug-likeness (QED) is 0.0562. The van der Waals surface area contributed by atoms with Gasteiger partial charge in [-0.3, -0.25) is 34.2 Å². The van der Waals surface area contributed by atoms with Gasteiger partial charge in [0.25, 0.3) is 5.91 Å². The van der Waals surface area contributed by atoms with Crippen LogP contribution in [0.2, 0.25) is 5.02 Å². The number of aliphatic carboxylic acids is 1. The molecule has 23 heteroatoms. The third-order valence-electron chi connectivity index (χ3n) is 7.04. The van der Waals surface area contributed by atoms with Crippen LogP contribution in [0.3, 0.4) is 0 Å². The van der Waals surface area contributed by atoms with Crippen LogP contribution in [-0.4, -0.2) is 92.1 Å². The molecule has 4 N–H and O–H groups in total. The second-order valence-electron chi connectivity index (χ2n) is 11.6. The van der Waals surface area contributed by atoms with Crippen molar-refractivity contribution in [2.45, 2.75) is 40.5 Å². The van der Waals surface area contributed by atoms with Gasteiger partial charge in [0.05, 0.1) is 5.69 Å². The van der Waals surface area contributed by atoms with Crippen molar-refractivity contribution in [1.82, 2.24) is 44.0 Å². The van der Waals surface area contributed by atoms with Crippen LogP contribution in [0.15, 0.2) is 54.6 Å². The van der Waals surface area contributed by atoms with Crippen LogP contribution in [0, 0.1) is 13.8 Å². The molecule has 1 aliphatic heterocycles. The van der Waals surface area contributed by atoms with E-state index in [9.17, 15) is 24.0 Å². The Balaban J connectivity index is 0.000000236. The van der Waals surface area contributed by atoms with Gasteiger partial charge in [-0.15, -0.1) is 21.8 Å². The zero-order valence-electron chi connectivity index (χ0n) is 31.1. The molecule has 0 atom stereocenters. The van der Waals surface area contributed by atoms with E-state index in [0.29, 0.717) is 38.1 Å². The Hall–Kier alpha value is -5.31. The van der Waals surface area contributed by atoms with Crippen molar-refractivity contribution < 1.29 is 68.2 Å². The molecule has 0 saturated carbocycles. The van der Waals surface area contributed by atoms with Crippen LogP contribution < -0.4 is 45.3 Å². The summed E-state index contributed by atoms with van der Waals surface area (Å²) in [5.74, 6) is -1.73. The summed E-state index contributed by atoms with van der Waals surface area (Å²) in [6.45, 7) is 5.69. The molecule has 4 aromatic heterocycles. The molecule has 1 fully saturated rings. The number of aryl methyl sites for hydroxylation is 2. The topological polar surface area (TPSA) is 254 Å². The fraction of sp³-hybridized carbons (Fsp3) is 0.235. The first-order valence-electron chi connectivity index (χ1n) is 16.3. The first-order valence-corrected chi connectivity index (χ1v) is 17.5. The van der Waals surface area contributed by atoms with Crippen LogP contribution in [-0.2, 0) is 33.5 Å². The molecule has 1 aliphatic rings. The van der Waals surface area contributed by atoms with E-state index in [0.717, 1.165) is 35.1 Å². The van der Waals surface area contributed by atoms with Gasteiger partial charge in [0.15, 0.2) is 29.6 Å². The number of hydrogen-bond donors (Lipinski definition) is 4. The number of hydrogen-bond acceptors (Lipinski definition) is 12. The van der Waals surface area contributed by atoms with Gasteiger partial charge in [-0.1, -0.05) is 11.6 Å². The average Bonchev–Trinajstić information content (AvgIpc) is 3.95. The van der Waals surface area contributed by atoms with Crippen LogP contribution >= 0.6 is 35.0 Å². The molecule has 0 bridgehead atoms. The third-order valence-corrected chi connectivity index (χ3v) is 8.11. The molecular weight excluding hydrogens is 820 g/mol. The second kappa shape index (κ2) is 21.3. The summed E-state index contributed by atoms with van der Waals surface area (Å²) < 4.78 is 8.41. The number of amides is 4. The van der Waals surface area contributed by atoms with Gasteiger partial charge in [-0.2, -0.15) is 13.7 Å². The van der Waals surface area contributed by atoms with E-state index in [1.165, 1.54) is 11.6 Å². The van der Waals surface area contributed by atoms with Crippen LogP contribution in [0.1, 0.15) is 38.1 Å². The summed E-state index contributed by atoms with van der Waals surface area (Å²) in [4.78, 5) is 71.8. The summed E-state index contributed by atoms with van der Waals surface area (Å²) in [5.41, 5.74) is 6.06. The van der Waals surface area contributed by atoms with E-state index >= 15 is 0 Å². The summed E-state index contributed by atoms with van der Waals surface area (Å²) in [5, 5.41) is 29.5. The van der Waals surface area contributed by atoms with Gasteiger partial charge in [-0.25, -0.2) is 9.97 Å². The predicted molar refractivity (Wildman–Crippen MR) is 202 cm³/mol. The van der Waals surface area contributed by atoms with Crippen molar-refractivity contribution in [1.29, 1.82) is 0 Å². The number of imide groups is 1. The molecule has 19 nitrogen and oxygen atoms in total. The number of ether oxygens (including phenoxy) is 1. The number of anilines is 2. The molecule has 5 heterocycles. The fourth-order valence-corrected chi connectivity index (χ4v) is 4.96. The van der Waals surface area contributed by atoms with Crippen molar-refractivity contribution in [3.8, 4) is 22.8 Å². The molecular formula is C34H33Cl3N11NaO8. The number of halogens is 3. The Kier molecular flexibility index (Phi) is 17.2. The minimum absolute atomic E-state index is 0. The van der Waals surface area contributed by atoms with E-state index in [2.05, 4.69) is 45.7 Å². The molecule has 0 unspecified atom stereocenters. The van der Waals surface area contributed by atoms with Gasteiger partial charge < -0.3 is 25.3 Å². The van der Waals surface area contributed by atoms with Gasteiger partial charge in [-0.05, 0) is 69.3 Å². The van der Waals surface area contributed by atoms with E-state index in [-0.39, 0.29) is 72.6 Å². The number of nitrogens with one attached hydrogen (secondary N) is 4. The molecule has 6 aromatic rings. The summed E-state index contributed by atoms with van der Waals surface area (Å²) in [7, 11) is 0. The Morgan fingerprint density at radius 3 is 1.75 bits per heavy atom. The van der Waals surface area contributed by atoms with Crippen molar-refractivity contribution in [3.05, 3.63) is 71.0 Å². The Morgan fingerprint density at radius 2 is 1.32 bits per heavy atom. The number of rotatable bonds is 7. The zero-order chi connectivity index (χ0) is 41.1. The molecule has 57 heavy (non-hydrogen) atoms. The second-order valence-corrected chi connectivity index (χ2v) is 12.6. The fourth-order valence-electron chi connectivity index (χ4n) is 4.56. The van der Waals surface area contributed by atoms with E-state index in [1.54, 1.807) is 41.0 Å². The van der Waals surface area contributed by atoms with Crippen LogP contribution in [0.25, 0.3) is 34.1 Å². The summed E-state index contributed by atoms with van der Waals surface area (Å²) in [6.07, 6.45) is 0.532. The van der Waals surface area contributed by atoms with Gasteiger partial charge in [0, 0.05) is 71.8 Å². The standard InChI is InChI=1S/C15H14ClN5O3.C13H12ClN5O.C4H4ClNO2.C2H4O2.Na/c1-8-13(16)15-18-14(20-21(15)19-8)10-3-5-11(6-4-10)17-12(23)7-24-9(2)22;1-8-6-11-16-13(18-19(11)17-8)9-2-4-10(5-3-9)15-12(20)7-14;5-6-3(7)1-2-4(6)8;1-2(3)4;/h3-6,19H,7H2,1-2H3,(H,17,23);2-6,17H,7H2,1H3,(H,15,20);1-2H2;1H3,(H,3,4);/q;;;;+1/p-1. The number of fused-ring (bicyclic) bond motifs is 2. The minimum Gasteiger partial charge on any atom is -0.550 e. The van der Waals surface area contributed by atoms with E-state index in [4.69, 9.17) is 44.9 Å². The number of carboxylic acids is 1. The molecule has 1 saturated heterocycles. The van der Waals surface area contributed by atoms with E-state index < -0.39 is 17.8 Å². The van der Waals surface area contributed by atoms with Crippen molar-refractivity contribution in [2.75, 3.05) is 23.1 Å². The summed E-state index contributed by atoms with van der Waals surface area (Å²) >= 11 is 16.7. The molecule has 7 rings (SSSR count). The Labute approximate surface area is 360 Å². The predicted octanol–water partition coefficient (Wildman–Crippen LogP) is 0.447. The SMILES string of the molecule is CC(=O)OCC(=O)Nc1ccc(-c2nc3c(Cl)c(C)[nH]n3n2)cc1.CC(=O)[O-].Cc1cc2nc(-c3ccc(NC(=O)CCl)cc3)nn2[nH]1.O=C1CCC(=O)N1Cl.[Na+]. The summed E-state index contributed by atoms with van der Waals surface area (Å²) in [6, 6.07) is 16.2. The normalized spacial score (nSPS) is 11.7. The third kappa shape index (κ3) is 13.4. The van der Waals surface area contributed by atoms with Crippen molar-refractivity contribution in [2.24, 2.45) is 0 Å². The number of alkyl halides is 1. The average molecular weight is 853 g/mol. The van der Waals surface area contributed by atoms with Gasteiger partial charge in [0.1, 0.15) is 10.9 Å². The molecule has 0 aliphatic carbocycles. The zero-order valence-corrected chi connectivity index (χ0v) is 35.3. The Morgan fingerprint density at radius 1 is 0.825 bits per heavy atom. The van der Waals surface area contributed by atoms with Crippen molar-refractivity contribution >= 4 is 93.2 Å². The van der Waals surface area contributed by atoms with E-state index in [1.807, 2.05) is 32.0 Å². The largest absolute Gasteiger partial charge is 1.00 e. The number of carboxylic acid groups (broad SMARTS) is 1. The van der Waals surface area contributed by atoms with Crippen LogP contribution in [0.5, 0.6) is 0 Å². The number of H-pyrrole nitrogens is 2. The number of aromatic nitrogens is 8. The molecule has 4 amide bonds. The maximum atomic E-state index is 11.6. The number of benzene rings is 2. The van der Waals surface area contributed by atoms with Gasteiger partial charge in [0.2, 0.25) is 17.7 Å². The molecule has 2 aromatic carbocycles. The van der Waals surface area contributed by atoms with Gasteiger partial charge >= 0.3 is 35.5 Å². The minimum atomic E-state index is -1.08.